The van der Waals surface area contributed by atoms with Crippen LogP contribution in [-0.4, -0.2) is 36.6 Å². The van der Waals surface area contributed by atoms with Crippen LogP contribution in [0.1, 0.15) is 32.4 Å². The fourth-order valence-electron chi connectivity index (χ4n) is 2.82. The summed E-state index contributed by atoms with van der Waals surface area (Å²) in [6.07, 6.45) is 1.49. The average Bonchev–Trinajstić information content (AvgIpc) is 3.06. The number of amides is 1. The molecule has 0 fully saturated rings. The van der Waals surface area contributed by atoms with Crippen LogP contribution in [0.3, 0.4) is 0 Å². The predicted molar refractivity (Wildman–Crippen MR) is 101 cm³/mol. The number of carbonyl (C=O) groups is 3. The van der Waals surface area contributed by atoms with Gasteiger partial charge in [-0.1, -0.05) is 6.07 Å². The lowest BCUT2D eigenvalue weighted by molar-refractivity contribution is 0.0600. The van der Waals surface area contributed by atoms with E-state index in [1.54, 1.807) is 36.4 Å². The predicted octanol–water partition coefficient (Wildman–Crippen LogP) is 3.35. The molecule has 0 spiro atoms. The van der Waals surface area contributed by atoms with Crippen molar-refractivity contribution in [2.24, 2.45) is 0 Å². The number of carbonyl (C=O) groups excluding carboxylic acids is 3. The summed E-state index contributed by atoms with van der Waals surface area (Å²) in [4.78, 5) is 36.4. The van der Waals surface area contributed by atoms with Gasteiger partial charge in [0.05, 0.1) is 30.9 Å². The van der Waals surface area contributed by atoms with Crippen LogP contribution in [0.25, 0.3) is 10.9 Å². The Morgan fingerprint density at radius 3 is 2.48 bits per heavy atom. The van der Waals surface area contributed by atoms with Gasteiger partial charge in [-0.3, -0.25) is 14.2 Å². The molecule has 138 valence electrons. The number of rotatable bonds is 4. The van der Waals surface area contributed by atoms with Crippen LogP contribution >= 0.6 is 0 Å². The maximum atomic E-state index is 12.8. The Kier molecular flexibility index (Phi) is 4.94. The van der Waals surface area contributed by atoms with E-state index < -0.39 is 11.9 Å². The van der Waals surface area contributed by atoms with Gasteiger partial charge >= 0.3 is 5.97 Å². The standard InChI is InChI=1S/C20H18N2O5/c1-12(23)22-11-17(16-10-15(26-2)7-8-18(16)22)19(24)21-14-6-4-5-13(9-14)20(25)27-3/h4-11H,1-3H3,(H,21,24). The molecule has 3 aromatic rings. The van der Waals surface area contributed by atoms with Gasteiger partial charge in [0.2, 0.25) is 5.91 Å². The van der Waals surface area contributed by atoms with E-state index in [9.17, 15) is 14.4 Å². The third-order valence-electron chi connectivity index (χ3n) is 4.14. The summed E-state index contributed by atoms with van der Waals surface area (Å²) in [6, 6.07) is 11.6. The van der Waals surface area contributed by atoms with Crippen LogP contribution in [0.2, 0.25) is 0 Å². The van der Waals surface area contributed by atoms with E-state index in [2.05, 4.69) is 10.1 Å². The highest BCUT2D eigenvalue weighted by Crippen LogP contribution is 2.27. The highest BCUT2D eigenvalue weighted by molar-refractivity contribution is 6.14. The van der Waals surface area contributed by atoms with Crippen LogP contribution in [0.4, 0.5) is 5.69 Å². The number of benzene rings is 2. The van der Waals surface area contributed by atoms with Crippen LogP contribution in [0, 0.1) is 0 Å². The lowest BCUT2D eigenvalue weighted by Gasteiger charge is -2.06. The molecule has 0 saturated carbocycles. The second-order valence-electron chi connectivity index (χ2n) is 5.84. The summed E-state index contributed by atoms with van der Waals surface area (Å²) in [5.41, 5.74) is 1.69. The van der Waals surface area contributed by atoms with Crippen LogP contribution in [0.5, 0.6) is 5.75 Å². The van der Waals surface area contributed by atoms with Gasteiger partial charge in [0, 0.05) is 24.2 Å². The number of anilines is 1. The Balaban J connectivity index is 2.00. The Hall–Kier alpha value is -3.61. The molecule has 0 radical (unpaired) electrons. The highest BCUT2D eigenvalue weighted by atomic mass is 16.5. The zero-order valence-electron chi connectivity index (χ0n) is 15.1. The minimum atomic E-state index is -0.496. The number of esters is 1. The minimum Gasteiger partial charge on any atom is -0.497 e. The summed E-state index contributed by atoms with van der Waals surface area (Å²) in [5.74, 6) is -0.540. The van der Waals surface area contributed by atoms with Gasteiger partial charge in [0.15, 0.2) is 0 Å². The summed E-state index contributed by atoms with van der Waals surface area (Å²) in [7, 11) is 2.82. The van der Waals surface area contributed by atoms with Gasteiger partial charge < -0.3 is 14.8 Å². The number of fused-ring (bicyclic) bond motifs is 1. The smallest absolute Gasteiger partial charge is 0.337 e. The average molecular weight is 366 g/mol. The van der Waals surface area contributed by atoms with E-state index in [1.807, 2.05) is 0 Å². The van der Waals surface area contributed by atoms with Crippen molar-refractivity contribution >= 4 is 34.4 Å². The maximum absolute atomic E-state index is 12.8. The number of aromatic nitrogens is 1. The first-order valence-corrected chi connectivity index (χ1v) is 8.14. The number of nitrogens with one attached hydrogen (secondary N) is 1. The third-order valence-corrected chi connectivity index (χ3v) is 4.14. The zero-order chi connectivity index (χ0) is 19.6. The first kappa shape index (κ1) is 18.2. The highest BCUT2D eigenvalue weighted by Gasteiger charge is 2.18. The summed E-state index contributed by atoms with van der Waals surface area (Å²) < 4.78 is 11.3. The molecule has 0 bridgehead atoms. The van der Waals surface area contributed by atoms with Crippen molar-refractivity contribution in [2.45, 2.75) is 6.92 Å². The molecule has 0 unspecified atom stereocenters. The molecule has 0 atom stereocenters. The molecule has 0 aliphatic carbocycles. The number of methoxy groups -OCH3 is 2. The molecular formula is C20H18N2O5. The van der Waals surface area contributed by atoms with E-state index in [4.69, 9.17) is 4.74 Å². The molecule has 0 saturated heterocycles. The van der Waals surface area contributed by atoms with Crippen molar-refractivity contribution in [3.63, 3.8) is 0 Å². The van der Waals surface area contributed by atoms with Crippen molar-refractivity contribution in [3.05, 3.63) is 59.8 Å². The first-order valence-electron chi connectivity index (χ1n) is 8.14. The maximum Gasteiger partial charge on any atom is 0.337 e. The van der Waals surface area contributed by atoms with Gasteiger partial charge in [-0.05, 0) is 36.4 Å². The van der Waals surface area contributed by atoms with Gasteiger partial charge in [-0.2, -0.15) is 0 Å². The van der Waals surface area contributed by atoms with Crippen molar-refractivity contribution in [3.8, 4) is 5.75 Å². The van der Waals surface area contributed by atoms with Gasteiger partial charge in [0.1, 0.15) is 5.75 Å². The Morgan fingerprint density at radius 2 is 1.81 bits per heavy atom. The molecule has 1 N–H and O–H groups in total. The Bertz CT molecular complexity index is 1050. The fraction of sp³-hybridized carbons (Fsp3) is 0.150. The van der Waals surface area contributed by atoms with E-state index in [0.29, 0.717) is 33.5 Å². The third kappa shape index (κ3) is 3.52. The van der Waals surface area contributed by atoms with Gasteiger partial charge in [-0.15, -0.1) is 0 Å². The van der Waals surface area contributed by atoms with E-state index >= 15 is 0 Å². The minimum absolute atomic E-state index is 0.211. The molecule has 27 heavy (non-hydrogen) atoms. The fourth-order valence-corrected chi connectivity index (χ4v) is 2.82. The molecular weight excluding hydrogens is 348 g/mol. The van der Waals surface area contributed by atoms with E-state index in [1.165, 1.54) is 38.0 Å². The largest absolute Gasteiger partial charge is 0.497 e. The molecule has 0 aliphatic heterocycles. The Labute approximate surface area is 155 Å². The number of ether oxygens (including phenoxy) is 2. The van der Waals surface area contributed by atoms with Crippen LogP contribution < -0.4 is 10.1 Å². The SMILES string of the molecule is COC(=O)c1cccc(NC(=O)c2cn(C(C)=O)c3ccc(OC)cc23)c1. The topological polar surface area (TPSA) is 86.6 Å². The van der Waals surface area contributed by atoms with Crippen molar-refractivity contribution in [1.82, 2.24) is 4.57 Å². The summed E-state index contributed by atoms with van der Waals surface area (Å²) in [5, 5.41) is 3.34. The van der Waals surface area contributed by atoms with E-state index in [-0.39, 0.29) is 5.91 Å². The molecule has 2 aromatic carbocycles. The quantitative estimate of drug-likeness (QED) is 0.716. The number of hydrogen-bond donors (Lipinski definition) is 1. The number of nitrogens with zero attached hydrogens (tertiary/aromatic N) is 1. The Morgan fingerprint density at radius 1 is 1.04 bits per heavy atom. The summed E-state index contributed by atoms with van der Waals surface area (Å²) in [6.45, 7) is 1.42. The lowest BCUT2D eigenvalue weighted by atomic mass is 10.1. The second-order valence-corrected chi connectivity index (χ2v) is 5.84. The van der Waals surface area contributed by atoms with Crippen molar-refractivity contribution < 1.29 is 23.9 Å². The molecule has 7 heteroatoms. The van der Waals surface area contributed by atoms with Gasteiger partial charge in [-0.25, -0.2) is 4.79 Å². The zero-order valence-corrected chi connectivity index (χ0v) is 15.1. The van der Waals surface area contributed by atoms with Crippen molar-refractivity contribution in [1.29, 1.82) is 0 Å². The van der Waals surface area contributed by atoms with Crippen LogP contribution in [-0.2, 0) is 4.74 Å². The molecule has 0 aliphatic rings. The van der Waals surface area contributed by atoms with Crippen LogP contribution in [0.15, 0.2) is 48.7 Å². The molecule has 1 heterocycles. The first-order chi connectivity index (χ1) is 12.9. The normalized spacial score (nSPS) is 10.5. The van der Waals surface area contributed by atoms with Gasteiger partial charge in [0.25, 0.3) is 5.91 Å². The lowest BCUT2D eigenvalue weighted by Crippen LogP contribution is -2.12. The molecule has 1 aromatic heterocycles. The number of hydrogen-bond acceptors (Lipinski definition) is 5. The monoisotopic (exact) mass is 366 g/mol. The van der Waals surface area contributed by atoms with Crippen molar-refractivity contribution in [2.75, 3.05) is 19.5 Å². The van der Waals surface area contributed by atoms with E-state index in [0.717, 1.165) is 0 Å². The summed E-state index contributed by atoms with van der Waals surface area (Å²) >= 11 is 0. The molecule has 1 amide bonds. The molecule has 3 rings (SSSR count). The molecule has 7 nitrogen and oxygen atoms in total. The second kappa shape index (κ2) is 7.33.